The molecule has 0 heterocycles. The zero-order valence-corrected chi connectivity index (χ0v) is 9.35. The van der Waals surface area contributed by atoms with Crippen LogP contribution in [0.4, 0.5) is 0 Å². The molecule has 0 aromatic rings. The molecule has 0 bridgehead atoms. The minimum absolute atomic E-state index is 0.336. The van der Waals surface area contributed by atoms with Gasteiger partial charge in [-0.3, -0.25) is 0 Å². The number of ether oxygens (including phenoxy) is 3. The van der Waals surface area contributed by atoms with Gasteiger partial charge in [0.05, 0.1) is 20.3 Å². The number of carbonyl (C=O) groups excluding carboxylic acids is 2. The summed E-state index contributed by atoms with van der Waals surface area (Å²) in [6, 6.07) is 0. The van der Waals surface area contributed by atoms with Crippen LogP contribution in [-0.2, 0) is 23.8 Å². The normalized spacial score (nSPS) is 15.3. The van der Waals surface area contributed by atoms with Crippen LogP contribution >= 0.6 is 0 Å². The molecule has 5 nitrogen and oxygen atoms in total. The van der Waals surface area contributed by atoms with Crippen LogP contribution in [0.15, 0.2) is 11.8 Å². The molecule has 0 amide bonds. The van der Waals surface area contributed by atoms with Crippen LogP contribution in [0.25, 0.3) is 0 Å². The van der Waals surface area contributed by atoms with E-state index in [1.165, 1.54) is 27.4 Å². The van der Waals surface area contributed by atoms with Gasteiger partial charge in [-0.25, -0.2) is 4.79 Å². The van der Waals surface area contributed by atoms with Crippen LogP contribution in [0.2, 0.25) is 0 Å². The fourth-order valence-corrected chi connectivity index (χ4v) is 1.09. The molecule has 0 saturated heterocycles. The number of carbonyl (C=O) groups is 2. The first-order valence-electron chi connectivity index (χ1n) is 4.42. The Balaban J connectivity index is 4.72. The Hall–Kier alpha value is -1.36. The third kappa shape index (κ3) is 4.12. The summed E-state index contributed by atoms with van der Waals surface area (Å²) in [6.07, 6.45) is 1.22. The highest BCUT2D eigenvalue weighted by Gasteiger charge is 2.21. The summed E-state index contributed by atoms with van der Waals surface area (Å²) in [5, 5.41) is 0. The van der Waals surface area contributed by atoms with E-state index in [1.54, 1.807) is 6.92 Å². The topological polar surface area (TPSA) is 61.8 Å². The second-order valence-corrected chi connectivity index (χ2v) is 2.90. The Kier molecular flexibility index (Phi) is 6.37. The summed E-state index contributed by atoms with van der Waals surface area (Å²) in [4.78, 5) is 21.6. The summed E-state index contributed by atoms with van der Waals surface area (Å²) in [7, 11) is 4.11. The summed E-state index contributed by atoms with van der Waals surface area (Å²) < 4.78 is 14.4. The standard InChI is InChI=1S/C10H16O5/c1-7(9(6-11)14-3)8(13-2)5-10(12)15-4/h5-7,9H,1-4H3/b8-5+. The van der Waals surface area contributed by atoms with Crippen molar-refractivity contribution in [2.75, 3.05) is 21.3 Å². The number of hydrogen-bond acceptors (Lipinski definition) is 5. The summed E-state index contributed by atoms with van der Waals surface area (Å²) in [5.74, 6) is -0.517. The van der Waals surface area contributed by atoms with E-state index in [0.29, 0.717) is 12.0 Å². The van der Waals surface area contributed by atoms with Gasteiger partial charge in [0, 0.05) is 13.0 Å². The average Bonchev–Trinajstić information content (AvgIpc) is 2.26. The monoisotopic (exact) mass is 216 g/mol. The molecular formula is C10H16O5. The summed E-state index contributed by atoms with van der Waals surface area (Å²) in [6.45, 7) is 1.72. The predicted molar refractivity (Wildman–Crippen MR) is 53.1 cm³/mol. The van der Waals surface area contributed by atoms with Crippen LogP contribution in [-0.4, -0.2) is 39.7 Å². The number of rotatable bonds is 6. The number of aldehydes is 1. The second-order valence-electron chi connectivity index (χ2n) is 2.90. The lowest BCUT2D eigenvalue weighted by molar-refractivity contribution is -0.135. The molecular weight excluding hydrogens is 200 g/mol. The van der Waals surface area contributed by atoms with Crippen LogP contribution in [0.3, 0.4) is 0 Å². The molecule has 0 aromatic heterocycles. The van der Waals surface area contributed by atoms with Crippen molar-refractivity contribution < 1.29 is 23.8 Å². The zero-order chi connectivity index (χ0) is 11.8. The first kappa shape index (κ1) is 13.6. The van der Waals surface area contributed by atoms with Crippen molar-refractivity contribution >= 4 is 12.3 Å². The second kappa shape index (κ2) is 7.00. The van der Waals surface area contributed by atoms with E-state index in [1.807, 2.05) is 0 Å². The van der Waals surface area contributed by atoms with Crippen molar-refractivity contribution in [3.63, 3.8) is 0 Å². The molecule has 0 fully saturated rings. The van der Waals surface area contributed by atoms with E-state index in [0.717, 1.165) is 0 Å². The van der Waals surface area contributed by atoms with Gasteiger partial charge in [0.2, 0.25) is 0 Å². The maximum atomic E-state index is 11.0. The Morgan fingerprint density at radius 2 is 1.80 bits per heavy atom. The summed E-state index contributed by atoms with van der Waals surface area (Å²) >= 11 is 0. The maximum Gasteiger partial charge on any atom is 0.333 e. The quantitative estimate of drug-likeness (QED) is 0.280. The molecule has 0 rings (SSSR count). The maximum absolute atomic E-state index is 11.0. The molecule has 5 heteroatoms. The highest BCUT2D eigenvalue weighted by Crippen LogP contribution is 2.16. The van der Waals surface area contributed by atoms with Crippen molar-refractivity contribution in [2.45, 2.75) is 13.0 Å². The van der Waals surface area contributed by atoms with E-state index >= 15 is 0 Å². The van der Waals surface area contributed by atoms with Gasteiger partial charge in [0.15, 0.2) is 0 Å². The zero-order valence-electron chi connectivity index (χ0n) is 9.35. The van der Waals surface area contributed by atoms with Crippen molar-refractivity contribution in [3.05, 3.63) is 11.8 Å². The summed E-state index contributed by atoms with van der Waals surface area (Å²) in [5.41, 5.74) is 0. The van der Waals surface area contributed by atoms with Crippen molar-refractivity contribution in [1.82, 2.24) is 0 Å². The van der Waals surface area contributed by atoms with Crippen LogP contribution in [0.1, 0.15) is 6.92 Å². The third-order valence-corrected chi connectivity index (χ3v) is 2.04. The van der Waals surface area contributed by atoms with Crippen molar-refractivity contribution in [2.24, 2.45) is 5.92 Å². The van der Waals surface area contributed by atoms with Crippen LogP contribution < -0.4 is 0 Å². The third-order valence-electron chi connectivity index (χ3n) is 2.04. The average molecular weight is 216 g/mol. The molecule has 0 saturated carbocycles. The van der Waals surface area contributed by atoms with Crippen LogP contribution in [0.5, 0.6) is 0 Å². The molecule has 2 atom stereocenters. The molecule has 86 valence electrons. The Morgan fingerprint density at radius 3 is 2.13 bits per heavy atom. The molecule has 0 aromatic carbocycles. The van der Waals surface area contributed by atoms with Gasteiger partial charge in [-0.05, 0) is 0 Å². The molecule has 15 heavy (non-hydrogen) atoms. The fraction of sp³-hybridized carbons (Fsp3) is 0.600. The van der Waals surface area contributed by atoms with E-state index < -0.39 is 12.1 Å². The van der Waals surface area contributed by atoms with Crippen molar-refractivity contribution in [1.29, 1.82) is 0 Å². The van der Waals surface area contributed by atoms with E-state index in [4.69, 9.17) is 9.47 Å². The Bertz CT molecular complexity index is 246. The molecule has 0 N–H and O–H groups in total. The minimum Gasteiger partial charge on any atom is -0.500 e. The first-order chi connectivity index (χ1) is 7.10. The number of hydrogen-bond donors (Lipinski definition) is 0. The number of methoxy groups -OCH3 is 3. The molecule has 0 spiro atoms. The molecule has 2 unspecified atom stereocenters. The van der Waals surface area contributed by atoms with Gasteiger partial charge in [-0.2, -0.15) is 0 Å². The lowest BCUT2D eigenvalue weighted by Gasteiger charge is -2.19. The lowest BCUT2D eigenvalue weighted by Crippen LogP contribution is -2.24. The van der Waals surface area contributed by atoms with E-state index in [9.17, 15) is 9.59 Å². The fourth-order valence-electron chi connectivity index (χ4n) is 1.09. The number of esters is 1. The van der Waals surface area contributed by atoms with Crippen molar-refractivity contribution in [3.8, 4) is 0 Å². The van der Waals surface area contributed by atoms with Gasteiger partial charge in [0.1, 0.15) is 18.1 Å². The van der Waals surface area contributed by atoms with Gasteiger partial charge in [0.25, 0.3) is 0 Å². The van der Waals surface area contributed by atoms with Gasteiger partial charge < -0.3 is 19.0 Å². The van der Waals surface area contributed by atoms with E-state index in [-0.39, 0.29) is 5.92 Å². The lowest BCUT2D eigenvalue weighted by atomic mass is 10.0. The molecule has 0 aliphatic heterocycles. The smallest absolute Gasteiger partial charge is 0.333 e. The first-order valence-corrected chi connectivity index (χ1v) is 4.42. The van der Waals surface area contributed by atoms with Gasteiger partial charge in [-0.1, -0.05) is 6.92 Å². The predicted octanol–water partition coefficient (Wildman–Crippen LogP) is 0.540. The molecule has 0 aliphatic rings. The highest BCUT2D eigenvalue weighted by atomic mass is 16.5. The molecule has 0 aliphatic carbocycles. The SMILES string of the molecule is COC(=O)/C=C(/OC)C(C)C(C=O)OC. The highest BCUT2D eigenvalue weighted by molar-refractivity contribution is 5.82. The minimum atomic E-state index is -0.638. The largest absolute Gasteiger partial charge is 0.500 e. The Labute approximate surface area is 89.0 Å². The molecule has 0 radical (unpaired) electrons. The Morgan fingerprint density at radius 1 is 1.20 bits per heavy atom. The van der Waals surface area contributed by atoms with Crippen LogP contribution in [0, 0.1) is 5.92 Å². The van der Waals surface area contributed by atoms with Gasteiger partial charge in [-0.15, -0.1) is 0 Å². The van der Waals surface area contributed by atoms with Gasteiger partial charge >= 0.3 is 5.97 Å². The van der Waals surface area contributed by atoms with E-state index in [2.05, 4.69) is 4.74 Å².